The monoisotopic (exact) mass is 496 g/mol. The number of ether oxygens (including phenoxy) is 1. The molecule has 0 spiro atoms. The van der Waals surface area contributed by atoms with Gasteiger partial charge in [0.15, 0.2) is 5.96 Å². The van der Waals surface area contributed by atoms with Crippen molar-refractivity contribution >= 4 is 41.5 Å². The molecule has 2 atom stereocenters. The third-order valence-corrected chi connectivity index (χ3v) is 4.95. The van der Waals surface area contributed by atoms with E-state index >= 15 is 0 Å². The average molecular weight is 497 g/mol. The van der Waals surface area contributed by atoms with Gasteiger partial charge in [-0.25, -0.2) is 4.39 Å². The van der Waals surface area contributed by atoms with E-state index in [1.807, 2.05) is 6.92 Å². The van der Waals surface area contributed by atoms with Crippen LogP contribution in [0.4, 0.5) is 4.39 Å². The first-order valence-electron chi connectivity index (χ1n) is 8.98. The van der Waals surface area contributed by atoms with Crippen molar-refractivity contribution in [2.24, 2.45) is 4.99 Å². The maximum Gasteiger partial charge on any atom is 0.191 e. The Kier molecular flexibility index (Phi) is 8.86. The summed E-state index contributed by atoms with van der Waals surface area (Å²) in [4.78, 5) is 7.00. The van der Waals surface area contributed by atoms with E-state index in [1.165, 1.54) is 6.07 Å². The first-order valence-corrected chi connectivity index (χ1v) is 9.35. The molecule has 1 saturated heterocycles. The first kappa shape index (κ1) is 21.7. The van der Waals surface area contributed by atoms with Gasteiger partial charge >= 0.3 is 0 Å². The summed E-state index contributed by atoms with van der Waals surface area (Å²) in [5, 5.41) is 7.17. The van der Waals surface area contributed by atoms with E-state index in [9.17, 15) is 4.39 Å². The molecule has 1 aliphatic heterocycles. The summed E-state index contributed by atoms with van der Waals surface area (Å²) in [7, 11) is 0. The predicted octanol–water partition coefficient (Wildman–Crippen LogP) is 2.84. The number of halogens is 3. The van der Waals surface area contributed by atoms with Gasteiger partial charge in [-0.3, -0.25) is 9.89 Å². The van der Waals surface area contributed by atoms with Crippen LogP contribution in [0.1, 0.15) is 24.8 Å². The van der Waals surface area contributed by atoms with Gasteiger partial charge in [-0.2, -0.15) is 0 Å². The van der Waals surface area contributed by atoms with Crippen LogP contribution in [-0.4, -0.2) is 62.8 Å². The maximum atomic E-state index is 14.0. The molecule has 2 aliphatic rings. The van der Waals surface area contributed by atoms with E-state index in [1.54, 1.807) is 12.1 Å². The molecule has 26 heavy (non-hydrogen) atoms. The van der Waals surface area contributed by atoms with Crippen LogP contribution in [0.25, 0.3) is 0 Å². The second-order valence-electron chi connectivity index (χ2n) is 6.44. The Bertz CT molecular complexity index is 593. The number of rotatable bonds is 6. The number of aliphatic imine (C=N–C) groups is 1. The third-order valence-electron chi connectivity index (χ3n) is 4.62. The molecule has 3 rings (SSSR count). The number of hydrogen-bond acceptors (Lipinski definition) is 3. The van der Waals surface area contributed by atoms with Gasteiger partial charge < -0.3 is 15.4 Å². The average Bonchev–Trinajstić information content (AvgIpc) is 3.34. The topological polar surface area (TPSA) is 48.9 Å². The van der Waals surface area contributed by atoms with Gasteiger partial charge in [0, 0.05) is 48.7 Å². The summed E-state index contributed by atoms with van der Waals surface area (Å²) >= 11 is 6.17. The highest BCUT2D eigenvalue weighted by atomic mass is 127. The Hall–Kier alpha value is -0.640. The Labute approximate surface area is 176 Å². The lowest BCUT2D eigenvalue weighted by Gasteiger charge is -2.25. The van der Waals surface area contributed by atoms with Crippen LogP contribution in [-0.2, 0) is 4.74 Å². The molecule has 5 nitrogen and oxygen atoms in total. The Morgan fingerprint density at radius 2 is 2.15 bits per heavy atom. The third kappa shape index (κ3) is 5.94. The van der Waals surface area contributed by atoms with Crippen LogP contribution in [0.15, 0.2) is 23.2 Å². The number of hydrogen-bond donors (Lipinski definition) is 2. The van der Waals surface area contributed by atoms with Gasteiger partial charge in [0.2, 0.25) is 0 Å². The molecule has 0 amide bonds. The van der Waals surface area contributed by atoms with Crippen molar-refractivity contribution in [3.8, 4) is 0 Å². The zero-order valence-electron chi connectivity index (χ0n) is 15.0. The molecule has 0 bridgehead atoms. The molecule has 2 N–H and O–H groups in total. The van der Waals surface area contributed by atoms with Crippen molar-refractivity contribution in [1.29, 1.82) is 0 Å². The van der Waals surface area contributed by atoms with Gasteiger partial charge in [0.05, 0.1) is 19.8 Å². The summed E-state index contributed by atoms with van der Waals surface area (Å²) in [6.45, 7) is 8.02. The fourth-order valence-electron chi connectivity index (χ4n) is 3.16. The number of guanidine groups is 1. The standard InChI is InChI=1S/C18H26ClFN4O.HI/c1-2-21-18(22-6-7-24-8-10-25-11-9-24)23-16-12-13(16)17-14(19)4-3-5-15(17)20;/h3-5,13,16H,2,6-12H2,1H3,(H2,21,22,23);1H. The molecule has 1 saturated carbocycles. The van der Waals surface area contributed by atoms with Crippen molar-refractivity contribution in [1.82, 2.24) is 15.5 Å². The molecule has 2 fully saturated rings. The summed E-state index contributed by atoms with van der Waals surface area (Å²) < 4.78 is 19.4. The van der Waals surface area contributed by atoms with Crippen LogP contribution in [0.2, 0.25) is 5.02 Å². The molecule has 1 aliphatic carbocycles. The number of nitrogens with zero attached hydrogens (tertiary/aromatic N) is 2. The van der Waals surface area contributed by atoms with Crippen molar-refractivity contribution in [3.05, 3.63) is 34.6 Å². The molecular weight excluding hydrogens is 470 g/mol. The summed E-state index contributed by atoms with van der Waals surface area (Å²) in [6.07, 6.45) is 0.870. The summed E-state index contributed by atoms with van der Waals surface area (Å²) in [6, 6.07) is 5.04. The fourth-order valence-corrected chi connectivity index (χ4v) is 3.47. The van der Waals surface area contributed by atoms with Crippen molar-refractivity contribution < 1.29 is 9.13 Å². The van der Waals surface area contributed by atoms with E-state index in [4.69, 9.17) is 16.3 Å². The zero-order chi connectivity index (χ0) is 17.6. The molecule has 0 radical (unpaired) electrons. The van der Waals surface area contributed by atoms with Crippen molar-refractivity contribution in [2.45, 2.75) is 25.3 Å². The lowest BCUT2D eigenvalue weighted by Crippen LogP contribution is -2.41. The van der Waals surface area contributed by atoms with E-state index in [-0.39, 0.29) is 41.8 Å². The van der Waals surface area contributed by atoms with Gasteiger partial charge in [-0.15, -0.1) is 24.0 Å². The van der Waals surface area contributed by atoms with Crippen LogP contribution < -0.4 is 10.6 Å². The Balaban J connectivity index is 0.00000243. The highest BCUT2D eigenvalue weighted by Crippen LogP contribution is 2.44. The molecule has 146 valence electrons. The van der Waals surface area contributed by atoms with Crippen molar-refractivity contribution in [2.75, 3.05) is 45.9 Å². The molecule has 1 aromatic rings. The minimum Gasteiger partial charge on any atom is -0.379 e. The molecule has 0 aromatic heterocycles. The molecular formula is C18H27ClFIN4O. The molecule has 1 aromatic carbocycles. The smallest absolute Gasteiger partial charge is 0.191 e. The molecule has 8 heteroatoms. The van der Waals surface area contributed by atoms with E-state index in [0.717, 1.165) is 58.3 Å². The highest BCUT2D eigenvalue weighted by molar-refractivity contribution is 14.0. The zero-order valence-corrected chi connectivity index (χ0v) is 18.1. The number of benzene rings is 1. The fraction of sp³-hybridized carbons (Fsp3) is 0.611. The van der Waals surface area contributed by atoms with Crippen LogP contribution in [0.5, 0.6) is 0 Å². The Morgan fingerprint density at radius 3 is 2.85 bits per heavy atom. The number of morpholine rings is 1. The predicted molar refractivity (Wildman–Crippen MR) is 114 cm³/mol. The van der Waals surface area contributed by atoms with Gasteiger partial charge in [-0.1, -0.05) is 17.7 Å². The maximum absolute atomic E-state index is 14.0. The second-order valence-corrected chi connectivity index (χ2v) is 6.85. The largest absolute Gasteiger partial charge is 0.379 e. The first-order chi connectivity index (χ1) is 12.2. The highest BCUT2D eigenvalue weighted by Gasteiger charge is 2.41. The van der Waals surface area contributed by atoms with Crippen LogP contribution in [0, 0.1) is 5.82 Å². The van der Waals surface area contributed by atoms with Crippen molar-refractivity contribution in [3.63, 3.8) is 0 Å². The van der Waals surface area contributed by atoms with Gasteiger partial charge in [-0.05, 0) is 25.5 Å². The van der Waals surface area contributed by atoms with E-state index in [0.29, 0.717) is 10.6 Å². The Morgan fingerprint density at radius 1 is 1.38 bits per heavy atom. The second kappa shape index (κ2) is 10.6. The minimum atomic E-state index is -0.226. The number of nitrogens with one attached hydrogen (secondary N) is 2. The summed E-state index contributed by atoms with van der Waals surface area (Å²) in [5.74, 6) is 0.670. The van der Waals surface area contributed by atoms with Gasteiger partial charge in [0.25, 0.3) is 0 Å². The lowest BCUT2D eigenvalue weighted by atomic mass is 10.1. The normalized spacial score (nSPS) is 23.3. The lowest BCUT2D eigenvalue weighted by molar-refractivity contribution is 0.0394. The summed E-state index contributed by atoms with van der Waals surface area (Å²) in [5.41, 5.74) is 0.617. The van der Waals surface area contributed by atoms with Crippen LogP contribution in [0.3, 0.4) is 0 Å². The van der Waals surface area contributed by atoms with E-state index in [2.05, 4.69) is 20.5 Å². The van der Waals surface area contributed by atoms with E-state index < -0.39 is 0 Å². The minimum absolute atomic E-state index is 0. The van der Waals surface area contributed by atoms with Gasteiger partial charge in [0.1, 0.15) is 5.82 Å². The molecule has 1 heterocycles. The molecule has 2 unspecified atom stereocenters. The SMILES string of the molecule is CCNC(=NCCN1CCOCC1)NC1CC1c1c(F)cccc1Cl.I. The quantitative estimate of drug-likeness (QED) is 0.361. The van der Waals surface area contributed by atoms with Crippen LogP contribution >= 0.6 is 35.6 Å².